The molecule has 0 radical (unpaired) electrons. The molecule has 4 N–H and O–H groups in total. The van der Waals surface area contributed by atoms with Crippen LogP contribution in [0, 0.1) is 0 Å². The summed E-state index contributed by atoms with van der Waals surface area (Å²) in [7, 11) is -3.36. The maximum absolute atomic E-state index is 11.4. The van der Waals surface area contributed by atoms with E-state index in [1.807, 2.05) is 0 Å². The predicted octanol–water partition coefficient (Wildman–Crippen LogP) is 0.482. The first-order valence-electron chi connectivity index (χ1n) is 6.01. The molecule has 0 aromatic rings. The van der Waals surface area contributed by atoms with Crippen molar-refractivity contribution in [1.29, 1.82) is 0 Å². The summed E-state index contributed by atoms with van der Waals surface area (Å²) in [6.45, 7) is 2.48. The van der Waals surface area contributed by atoms with Crippen LogP contribution in [0.4, 0.5) is 0 Å². The van der Waals surface area contributed by atoms with Gasteiger partial charge in [-0.2, -0.15) is 8.42 Å². The van der Waals surface area contributed by atoms with E-state index in [1.165, 1.54) is 12.8 Å². The third-order valence-electron chi connectivity index (χ3n) is 3.05. The molecule has 0 aromatic carbocycles. The number of hydrogen-bond acceptors (Lipinski definition) is 3. The van der Waals surface area contributed by atoms with Crippen molar-refractivity contribution in [2.24, 2.45) is 5.73 Å². The molecule has 1 aliphatic carbocycles. The van der Waals surface area contributed by atoms with Gasteiger partial charge in [-0.25, -0.2) is 9.44 Å². The van der Waals surface area contributed by atoms with E-state index in [0.717, 1.165) is 25.7 Å². The van der Waals surface area contributed by atoms with Gasteiger partial charge in [-0.15, -0.1) is 0 Å². The van der Waals surface area contributed by atoms with Crippen LogP contribution in [0.15, 0.2) is 0 Å². The quantitative estimate of drug-likeness (QED) is 0.620. The van der Waals surface area contributed by atoms with Gasteiger partial charge in [0.15, 0.2) is 0 Å². The maximum atomic E-state index is 11.4. The first-order valence-corrected chi connectivity index (χ1v) is 7.49. The Balaban J connectivity index is 2.46. The zero-order chi connectivity index (χ0) is 12.1. The SMILES string of the molecule is CCNS(=O)(=O)NCC1(N)CCCCCC1. The molecule has 5 nitrogen and oxygen atoms in total. The number of nitrogens with two attached hydrogens (primary N) is 1. The molecule has 1 aliphatic rings. The summed E-state index contributed by atoms with van der Waals surface area (Å²) in [6.07, 6.45) is 6.42. The van der Waals surface area contributed by atoms with Gasteiger partial charge in [0.1, 0.15) is 0 Å². The molecule has 0 aliphatic heterocycles. The van der Waals surface area contributed by atoms with Crippen molar-refractivity contribution in [1.82, 2.24) is 9.44 Å². The highest BCUT2D eigenvalue weighted by molar-refractivity contribution is 7.87. The minimum Gasteiger partial charge on any atom is -0.324 e. The van der Waals surface area contributed by atoms with Crippen molar-refractivity contribution in [2.45, 2.75) is 51.0 Å². The van der Waals surface area contributed by atoms with Crippen LogP contribution in [0.1, 0.15) is 45.4 Å². The van der Waals surface area contributed by atoms with Crippen LogP contribution in [0.5, 0.6) is 0 Å². The summed E-state index contributed by atoms with van der Waals surface area (Å²) in [5, 5.41) is 0. The van der Waals surface area contributed by atoms with Gasteiger partial charge in [0.05, 0.1) is 0 Å². The van der Waals surface area contributed by atoms with E-state index in [0.29, 0.717) is 13.1 Å². The van der Waals surface area contributed by atoms with Gasteiger partial charge in [0, 0.05) is 18.6 Å². The largest absolute Gasteiger partial charge is 0.324 e. The first-order chi connectivity index (χ1) is 7.47. The Kier molecular flexibility index (Phi) is 5.17. The van der Waals surface area contributed by atoms with E-state index in [9.17, 15) is 8.42 Å². The van der Waals surface area contributed by atoms with Crippen molar-refractivity contribution in [3.8, 4) is 0 Å². The van der Waals surface area contributed by atoms with Crippen LogP contribution in [-0.2, 0) is 10.2 Å². The molecule has 0 unspecified atom stereocenters. The van der Waals surface area contributed by atoms with E-state index in [-0.39, 0.29) is 5.54 Å². The summed E-state index contributed by atoms with van der Waals surface area (Å²) in [5.74, 6) is 0. The van der Waals surface area contributed by atoms with Gasteiger partial charge in [-0.1, -0.05) is 32.6 Å². The standard InChI is InChI=1S/C10H23N3O2S/c1-2-12-16(14,15)13-9-10(11)7-5-3-4-6-8-10/h12-13H,2-9,11H2,1H3. The van der Waals surface area contributed by atoms with E-state index < -0.39 is 10.2 Å². The lowest BCUT2D eigenvalue weighted by Crippen LogP contribution is -2.51. The minimum atomic E-state index is -3.36. The fourth-order valence-electron chi connectivity index (χ4n) is 2.09. The van der Waals surface area contributed by atoms with E-state index in [4.69, 9.17) is 5.73 Å². The lowest BCUT2D eigenvalue weighted by Gasteiger charge is -2.28. The van der Waals surface area contributed by atoms with E-state index in [2.05, 4.69) is 9.44 Å². The van der Waals surface area contributed by atoms with Crippen LogP contribution in [0.3, 0.4) is 0 Å². The molecule has 16 heavy (non-hydrogen) atoms. The lowest BCUT2D eigenvalue weighted by molar-refractivity contribution is 0.368. The topological polar surface area (TPSA) is 84.2 Å². The molecule has 0 amide bonds. The fourth-order valence-corrected chi connectivity index (χ4v) is 3.05. The Morgan fingerprint density at radius 1 is 1.12 bits per heavy atom. The number of rotatable bonds is 5. The molecule has 0 saturated heterocycles. The van der Waals surface area contributed by atoms with Gasteiger partial charge in [0.25, 0.3) is 10.2 Å². The van der Waals surface area contributed by atoms with Gasteiger partial charge < -0.3 is 5.73 Å². The minimum absolute atomic E-state index is 0.336. The van der Waals surface area contributed by atoms with Crippen molar-refractivity contribution >= 4 is 10.2 Å². The summed E-state index contributed by atoms with van der Waals surface area (Å²) in [6, 6.07) is 0. The molecule has 6 heteroatoms. The highest BCUT2D eigenvalue weighted by Gasteiger charge is 2.27. The summed E-state index contributed by atoms with van der Waals surface area (Å²) >= 11 is 0. The van der Waals surface area contributed by atoms with E-state index >= 15 is 0 Å². The second kappa shape index (κ2) is 5.95. The van der Waals surface area contributed by atoms with Crippen LogP contribution in [0.25, 0.3) is 0 Å². The summed E-state index contributed by atoms with van der Waals surface area (Å²) in [5.41, 5.74) is 5.85. The monoisotopic (exact) mass is 249 g/mol. The van der Waals surface area contributed by atoms with Gasteiger partial charge >= 0.3 is 0 Å². The second-order valence-electron chi connectivity index (χ2n) is 4.60. The number of nitrogens with one attached hydrogen (secondary N) is 2. The van der Waals surface area contributed by atoms with Crippen LogP contribution in [0.2, 0.25) is 0 Å². The van der Waals surface area contributed by atoms with Crippen LogP contribution in [-0.4, -0.2) is 27.0 Å². The van der Waals surface area contributed by atoms with Gasteiger partial charge in [0.2, 0.25) is 0 Å². The number of hydrogen-bond donors (Lipinski definition) is 3. The Bertz CT molecular complexity index is 295. The molecule has 1 saturated carbocycles. The second-order valence-corrected chi connectivity index (χ2v) is 6.18. The summed E-state index contributed by atoms with van der Waals surface area (Å²) in [4.78, 5) is 0. The third-order valence-corrected chi connectivity index (χ3v) is 4.24. The molecule has 0 spiro atoms. The Hall–Kier alpha value is -0.170. The van der Waals surface area contributed by atoms with Crippen molar-refractivity contribution in [2.75, 3.05) is 13.1 Å². The fraction of sp³-hybridized carbons (Fsp3) is 1.00. The van der Waals surface area contributed by atoms with Crippen LogP contribution < -0.4 is 15.2 Å². The predicted molar refractivity (Wildman–Crippen MR) is 65.2 cm³/mol. The third kappa shape index (κ3) is 4.78. The average Bonchev–Trinajstić information content (AvgIpc) is 2.41. The molecule has 1 rings (SSSR count). The normalized spacial score (nSPS) is 21.6. The lowest BCUT2D eigenvalue weighted by atomic mass is 9.92. The van der Waals surface area contributed by atoms with Crippen molar-refractivity contribution in [3.05, 3.63) is 0 Å². The van der Waals surface area contributed by atoms with Gasteiger partial charge in [-0.05, 0) is 12.8 Å². The zero-order valence-corrected chi connectivity index (χ0v) is 10.8. The highest BCUT2D eigenvalue weighted by atomic mass is 32.2. The molecule has 96 valence electrons. The average molecular weight is 249 g/mol. The van der Waals surface area contributed by atoms with Gasteiger partial charge in [-0.3, -0.25) is 0 Å². The smallest absolute Gasteiger partial charge is 0.276 e. The Labute approximate surface area is 98.4 Å². The zero-order valence-electron chi connectivity index (χ0n) is 9.96. The van der Waals surface area contributed by atoms with Crippen molar-refractivity contribution in [3.63, 3.8) is 0 Å². The van der Waals surface area contributed by atoms with Crippen molar-refractivity contribution < 1.29 is 8.42 Å². The molecule has 0 bridgehead atoms. The first kappa shape index (κ1) is 13.9. The summed E-state index contributed by atoms with van der Waals surface area (Å²) < 4.78 is 27.8. The maximum Gasteiger partial charge on any atom is 0.276 e. The highest BCUT2D eigenvalue weighted by Crippen LogP contribution is 2.24. The molecular weight excluding hydrogens is 226 g/mol. The molecule has 0 aromatic heterocycles. The van der Waals surface area contributed by atoms with E-state index in [1.54, 1.807) is 6.92 Å². The molecule has 1 fully saturated rings. The Morgan fingerprint density at radius 3 is 2.19 bits per heavy atom. The molecule has 0 atom stereocenters. The molecule has 0 heterocycles. The Morgan fingerprint density at radius 2 is 1.69 bits per heavy atom. The van der Waals surface area contributed by atoms with Crippen LogP contribution >= 0.6 is 0 Å². The molecular formula is C10H23N3O2S.